The van der Waals surface area contributed by atoms with Crippen molar-refractivity contribution in [1.82, 2.24) is 4.98 Å². The summed E-state index contributed by atoms with van der Waals surface area (Å²) in [6.07, 6.45) is 5.86. The summed E-state index contributed by atoms with van der Waals surface area (Å²) < 4.78 is 5.90. The van der Waals surface area contributed by atoms with Crippen molar-refractivity contribution in [3.63, 3.8) is 0 Å². The summed E-state index contributed by atoms with van der Waals surface area (Å²) in [5, 5.41) is 4.57. The summed E-state index contributed by atoms with van der Waals surface area (Å²) in [5.41, 5.74) is 1.48. The molecule has 2 heterocycles. The molecule has 1 saturated carbocycles. The monoisotopic (exact) mass is 362 g/mol. The van der Waals surface area contributed by atoms with Crippen molar-refractivity contribution in [3.8, 4) is 0 Å². The molecule has 1 N–H and O–H groups in total. The maximum absolute atomic E-state index is 12.2. The Morgan fingerprint density at radius 3 is 2.92 bits per heavy atom. The lowest BCUT2D eigenvalue weighted by Crippen LogP contribution is -2.50. The quantitative estimate of drug-likeness (QED) is 0.628. The number of carbonyl (C=O) groups is 1. The Morgan fingerprint density at radius 2 is 2.16 bits per heavy atom. The number of hydrogen-bond acceptors (Lipinski definition) is 5. The van der Waals surface area contributed by atoms with E-state index in [-0.39, 0.29) is 23.4 Å². The zero-order chi connectivity index (χ0) is 17.8. The fraction of sp³-hybridized carbons (Fsp3) is 0.800. The summed E-state index contributed by atoms with van der Waals surface area (Å²) in [6, 6.07) is 0. The van der Waals surface area contributed by atoms with Crippen molar-refractivity contribution in [2.75, 3.05) is 11.9 Å². The molecule has 1 aliphatic heterocycles. The third-order valence-corrected chi connectivity index (χ3v) is 7.99. The molecule has 3 aliphatic rings. The van der Waals surface area contributed by atoms with E-state index in [1.165, 1.54) is 29.8 Å². The molecule has 2 fully saturated rings. The standard InChI is InChI=1S/C20H30N2O2S/c1-5-6-9-21-19-22-16-12(3)15-17-13(11(2)18(23)24-17)7-8-20(15,4)10-14(16)25-19/h11-13,15,17H,5-10H2,1-4H3,(H,21,22)/t11-,12-,13-,15+,17-,20-/m0/s1. The van der Waals surface area contributed by atoms with E-state index in [1.54, 1.807) is 0 Å². The van der Waals surface area contributed by atoms with Crippen LogP contribution >= 0.6 is 11.3 Å². The molecule has 0 amide bonds. The molecule has 1 aromatic rings. The molecule has 138 valence electrons. The van der Waals surface area contributed by atoms with Crippen molar-refractivity contribution in [2.45, 2.75) is 71.8 Å². The molecule has 1 saturated heterocycles. The molecular formula is C20H30N2O2S. The Balaban J connectivity index is 1.62. The maximum atomic E-state index is 12.2. The number of fused-ring (bicyclic) bond motifs is 4. The van der Waals surface area contributed by atoms with Crippen LogP contribution in [0.4, 0.5) is 5.13 Å². The highest BCUT2D eigenvalue weighted by Crippen LogP contribution is 2.59. The molecular weight excluding hydrogens is 332 g/mol. The molecule has 6 atom stereocenters. The number of hydrogen-bond donors (Lipinski definition) is 1. The Kier molecular flexibility index (Phi) is 4.33. The van der Waals surface area contributed by atoms with Crippen LogP contribution in [0.1, 0.15) is 69.9 Å². The predicted molar refractivity (Wildman–Crippen MR) is 101 cm³/mol. The smallest absolute Gasteiger partial charge is 0.309 e. The van der Waals surface area contributed by atoms with Crippen molar-refractivity contribution >= 4 is 22.4 Å². The van der Waals surface area contributed by atoms with Gasteiger partial charge in [-0.1, -0.05) is 34.1 Å². The summed E-state index contributed by atoms with van der Waals surface area (Å²) in [4.78, 5) is 18.6. The van der Waals surface area contributed by atoms with Gasteiger partial charge in [0.25, 0.3) is 0 Å². The highest BCUT2D eigenvalue weighted by molar-refractivity contribution is 7.15. The molecule has 0 spiro atoms. The van der Waals surface area contributed by atoms with E-state index in [2.05, 4.69) is 26.1 Å². The van der Waals surface area contributed by atoms with E-state index >= 15 is 0 Å². The van der Waals surface area contributed by atoms with E-state index in [1.807, 2.05) is 18.3 Å². The van der Waals surface area contributed by atoms with E-state index < -0.39 is 0 Å². The van der Waals surface area contributed by atoms with Gasteiger partial charge < -0.3 is 10.1 Å². The summed E-state index contributed by atoms with van der Waals surface area (Å²) in [5.74, 6) is 1.23. The van der Waals surface area contributed by atoms with Crippen molar-refractivity contribution < 1.29 is 9.53 Å². The number of unbranched alkanes of at least 4 members (excludes halogenated alkanes) is 1. The third-order valence-electron chi connectivity index (χ3n) is 6.96. The Hall–Kier alpha value is -1.10. The minimum Gasteiger partial charge on any atom is -0.461 e. The minimum atomic E-state index is 0.0115. The number of ether oxygens (including phenoxy) is 1. The van der Waals surface area contributed by atoms with E-state index in [4.69, 9.17) is 9.72 Å². The van der Waals surface area contributed by atoms with Crippen molar-refractivity contribution in [2.24, 2.45) is 23.2 Å². The largest absolute Gasteiger partial charge is 0.461 e. The van der Waals surface area contributed by atoms with Gasteiger partial charge in [-0.3, -0.25) is 4.79 Å². The lowest BCUT2D eigenvalue weighted by atomic mass is 9.54. The third kappa shape index (κ3) is 2.70. The van der Waals surface area contributed by atoms with E-state index in [9.17, 15) is 4.79 Å². The molecule has 0 aromatic carbocycles. The Bertz CT molecular complexity index is 673. The van der Waals surface area contributed by atoms with Crippen LogP contribution < -0.4 is 5.32 Å². The maximum Gasteiger partial charge on any atom is 0.309 e. The van der Waals surface area contributed by atoms with Crippen molar-refractivity contribution in [1.29, 1.82) is 0 Å². The topological polar surface area (TPSA) is 51.2 Å². The Morgan fingerprint density at radius 1 is 1.36 bits per heavy atom. The van der Waals surface area contributed by atoms with E-state index in [0.29, 0.717) is 17.8 Å². The van der Waals surface area contributed by atoms with Crippen LogP contribution in [-0.4, -0.2) is 23.6 Å². The van der Waals surface area contributed by atoms with Gasteiger partial charge in [-0.25, -0.2) is 4.98 Å². The van der Waals surface area contributed by atoms with Crippen LogP contribution in [0.25, 0.3) is 0 Å². The van der Waals surface area contributed by atoms with Gasteiger partial charge in [0, 0.05) is 29.2 Å². The first-order chi connectivity index (χ1) is 11.9. The molecule has 0 bridgehead atoms. The van der Waals surface area contributed by atoms with Crippen LogP contribution in [0.2, 0.25) is 0 Å². The summed E-state index contributed by atoms with van der Waals surface area (Å²) in [6.45, 7) is 9.97. The Labute approximate surface area is 154 Å². The van der Waals surface area contributed by atoms with Crippen LogP contribution in [0.5, 0.6) is 0 Å². The van der Waals surface area contributed by atoms with Gasteiger partial charge in [0.1, 0.15) is 6.10 Å². The minimum absolute atomic E-state index is 0.0115. The first kappa shape index (κ1) is 17.3. The van der Waals surface area contributed by atoms with Crippen molar-refractivity contribution in [3.05, 3.63) is 10.6 Å². The number of esters is 1. The van der Waals surface area contributed by atoms with E-state index in [0.717, 1.165) is 24.5 Å². The molecule has 0 radical (unpaired) electrons. The van der Waals surface area contributed by atoms with Gasteiger partial charge in [-0.2, -0.15) is 0 Å². The van der Waals surface area contributed by atoms with Gasteiger partial charge in [-0.15, -0.1) is 11.3 Å². The van der Waals surface area contributed by atoms with Crippen LogP contribution in [0, 0.1) is 23.2 Å². The molecule has 0 unspecified atom stereocenters. The molecule has 4 nitrogen and oxygen atoms in total. The number of anilines is 1. The zero-order valence-corrected chi connectivity index (χ0v) is 16.6. The summed E-state index contributed by atoms with van der Waals surface area (Å²) >= 11 is 1.84. The van der Waals surface area contributed by atoms with Crippen LogP contribution in [0.15, 0.2) is 0 Å². The normalized spacial score (nSPS) is 39.4. The van der Waals surface area contributed by atoms with Gasteiger partial charge in [0.15, 0.2) is 5.13 Å². The lowest BCUT2D eigenvalue weighted by Gasteiger charge is -2.51. The average molecular weight is 363 g/mol. The number of nitrogens with zero attached hydrogens (tertiary/aromatic N) is 1. The second kappa shape index (κ2) is 6.26. The van der Waals surface area contributed by atoms with Crippen LogP contribution in [-0.2, 0) is 16.0 Å². The molecule has 1 aromatic heterocycles. The fourth-order valence-electron chi connectivity index (χ4n) is 5.53. The highest BCUT2D eigenvalue weighted by atomic mass is 32.1. The van der Waals surface area contributed by atoms with Gasteiger partial charge in [0.05, 0.1) is 11.6 Å². The van der Waals surface area contributed by atoms with Gasteiger partial charge >= 0.3 is 5.97 Å². The second-order valence-electron chi connectivity index (χ2n) is 8.65. The van der Waals surface area contributed by atoms with Crippen LogP contribution in [0.3, 0.4) is 0 Å². The number of aromatic nitrogens is 1. The van der Waals surface area contributed by atoms with Gasteiger partial charge in [-0.05, 0) is 31.1 Å². The lowest BCUT2D eigenvalue weighted by molar-refractivity contribution is -0.149. The number of nitrogens with one attached hydrogen (secondary N) is 1. The molecule has 2 aliphatic carbocycles. The first-order valence-corrected chi connectivity index (χ1v) is 10.7. The molecule has 5 heteroatoms. The predicted octanol–water partition coefficient (Wildman–Crippen LogP) is 4.61. The molecule has 4 rings (SSSR count). The SMILES string of the molecule is CCCCNc1nc2c(s1)C[C@]1(C)CC[C@@H]3[C@H](OC(=O)[C@H]3C)[C@H]1[C@@H]2C. The fourth-order valence-corrected chi connectivity index (χ4v) is 6.82. The highest BCUT2D eigenvalue weighted by Gasteiger charge is 2.58. The number of rotatable bonds is 4. The first-order valence-electron chi connectivity index (χ1n) is 9.88. The summed E-state index contributed by atoms with van der Waals surface area (Å²) in [7, 11) is 0. The number of carbonyl (C=O) groups excluding carboxylic acids is 1. The average Bonchev–Trinajstić information content (AvgIpc) is 3.08. The number of thiazole rings is 1. The zero-order valence-electron chi connectivity index (χ0n) is 15.8. The second-order valence-corrected chi connectivity index (χ2v) is 9.73. The molecule has 25 heavy (non-hydrogen) atoms. The van der Waals surface area contributed by atoms with Gasteiger partial charge in [0.2, 0.25) is 0 Å².